The van der Waals surface area contributed by atoms with E-state index in [2.05, 4.69) is 9.72 Å². The van der Waals surface area contributed by atoms with Crippen molar-refractivity contribution in [2.75, 3.05) is 0 Å². The molecule has 0 bridgehead atoms. The molecule has 0 aromatic carbocycles. The molecule has 1 aromatic heterocycles. The molecule has 1 heterocycles. The molecule has 2 nitrogen and oxygen atoms in total. The lowest BCUT2D eigenvalue weighted by atomic mass is 10.2. The van der Waals surface area contributed by atoms with Crippen molar-refractivity contribution in [2.45, 2.75) is 19.7 Å². The second-order valence-electron chi connectivity index (χ2n) is 2.83. The maximum atomic E-state index is 12.4. The minimum absolute atomic E-state index is 0.116. The maximum Gasteiger partial charge on any atom is 0.574 e. The summed E-state index contributed by atoms with van der Waals surface area (Å²) in [5.74, 6) is -0.862. The molecular formula is C8H5ClF5NO. The molecule has 0 radical (unpaired) electrons. The zero-order chi connectivity index (χ0) is 12.5. The maximum absolute atomic E-state index is 12.4. The summed E-state index contributed by atoms with van der Waals surface area (Å²) in [6.07, 6.45) is -7.84. The van der Waals surface area contributed by atoms with Crippen LogP contribution in [0, 0.1) is 6.92 Å². The van der Waals surface area contributed by atoms with Gasteiger partial charge in [-0.2, -0.15) is 0 Å². The second kappa shape index (κ2) is 4.40. The van der Waals surface area contributed by atoms with Crippen molar-refractivity contribution in [3.05, 3.63) is 22.3 Å². The molecule has 0 spiro atoms. The molecule has 0 aliphatic carbocycles. The van der Waals surface area contributed by atoms with Crippen LogP contribution in [-0.4, -0.2) is 11.3 Å². The molecule has 0 saturated carbocycles. The van der Waals surface area contributed by atoms with Gasteiger partial charge in [-0.3, -0.25) is 0 Å². The molecule has 0 fully saturated rings. The Morgan fingerprint density at radius 1 is 1.38 bits per heavy atom. The standard InChI is InChI=1S/C8H5ClF5NO/c1-3-2-4(16-8(12,13)14)15-6(9)5(3)7(10)11/h2,7H,1H3. The molecule has 0 N–H and O–H groups in total. The first-order chi connectivity index (χ1) is 7.20. The highest BCUT2D eigenvalue weighted by Crippen LogP contribution is 2.32. The van der Waals surface area contributed by atoms with E-state index in [0.29, 0.717) is 0 Å². The van der Waals surface area contributed by atoms with Gasteiger partial charge in [-0.15, -0.1) is 13.2 Å². The third-order valence-corrected chi connectivity index (χ3v) is 1.92. The Hall–Kier alpha value is -1.11. The number of aromatic nitrogens is 1. The van der Waals surface area contributed by atoms with E-state index in [1.165, 1.54) is 6.92 Å². The van der Waals surface area contributed by atoms with Crippen molar-refractivity contribution >= 4 is 11.6 Å². The van der Waals surface area contributed by atoms with Gasteiger partial charge in [0.2, 0.25) is 5.88 Å². The summed E-state index contributed by atoms with van der Waals surface area (Å²) in [6.45, 7) is 1.19. The van der Waals surface area contributed by atoms with Crippen molar-refractivity contribution < 1.29 is 26.7 Å². The Morgan fingerprint density at radius 3 is 2.31 bits per heavy atom. The number of nitrogens with zero attached hydrogens (tertiary/aromatic N) is 1. The van der Waals surface area contributed by atoms with E-state index in [9.17, 15) is 22.0 Å². The van der Waals surface area contributed by atoms with E-state index in [4.69, 9.17) is 11.6 Å². The van der Waals surface area contributed by atoms with E-state index < -0.39 is 29.4 Å². The summed E-state index contributed by atoms with van der Waals surface area (Å²) < 4.78 is 63.6. The van der Waals surface area contributed by atoms with Crippen LogP contribution in [0.15, 0.2) is 6.07 Å². The van der Waals surface area contributed by atoms with E-state index in [-0.39, 0.29) is 5.56 Å². The van der Waals surface area contributed by atoms with Gasteiger partial charge >= 0.3 is 6.36 Å². The van der Waals surface area contributed by atoms with Gasteiger partial charge < -0.3 is 4.74 Å². The van der Waals surface area contributed by atoms with Gasteiger partial charge in [0.25, 0.3) is 6.43 Å². The zero-order valence-electron chi connectivity index (χ0n) is 7.78. The summed E-state index contributed by atoms with van der Waals surface area (Å²) in [5, 5.41) is -0.700. The lowest BCUT2D eigenvalue weighted by Crippen LogP contribution is -2.18. The third-order valence-electron chi connectivity index (χ3n) is 1.63. The quantitative estimate of drug-likeness (QED) is 0.595. The predicted molar refractivity (Wildman–Crippen MR) is 45.6 cm³/mol. The third kappa shape index (κ3) is 3.19. The Kier molecular flexibility index (Phi) is 3.57. The van der Waals surface area contributed by atoms with Crippen LogP contribution in [0.2, 0.25) is 5.15 Å². The average molecular weight is 262 g/mol. The van der Waals surface area contributed by atoms with Crippen LogP contribution in [0.5, 0.6) is 5.88 Å². The van der Waals surface area contributed by atoms with Crippen molar-refractivity contribution in [3.8, 4) is 5.88 Å². The van der Waals surface area contributed by atoms with Crippen molar-refractivity contribution in [1.82, 2.24) is 4.98 Å². The SMILES string of the molecule is Cc1cc(OC(F)(F)F)nc(Cl)c1C(F)F. The van der Waals surface area contributed by atoms with Crippen LogP contribution in [0.1, 0.15) is 17.6 Å². The highest BCUT2D eigenvalue weighted by molar-refractivity contribution is 6.30. The molecule has 0 aliphatic rings. The average Bonchev–Trinajstić information content (AvgIpc) is 1.96. The van der Waals surface area contributed by atoms with E-state index in [1.54, 1.807) is 0 Å². The first-order valence-corrected chi connectivity index (χ1v) is 4.29. The first-order valence-electron chi connectivity index (χ1n) is 3.91. The zero-order valence-corrected chi connectivity index (χ0v) is 8.53. The van der Waals surface area contributed by atoms with Gasteiger partial charge in [0, 0.05) is 6.07 Å². The Morgan fingerprint density at radius 2 is 1.94 bits per heavy atom. The molecule has 0 saturated heterocycles. The molecule has 1 rings (SSSR count). The van der Waals surface area contributed by atoms with Crippen LogP contribution < -0.4 is 4.74 Å². The van der Waals surface area contributed by atoms with Gasteiger partial charge in [-0.1, -0.05) is 11.6 Å². The molecule has 1 aromatic rings. The number of aryl methyl sites for hydroxylation is 1. The molecule has 0 unspecified atom stereocenters. The summed E-state index contributed by atoms with van der Waals surface area (Å²) in [6, 6.07) is 0.751. The minimum atomic E-state index is -4.94. The van der Waals surface area contributed by atoms with Crippen LogP contribution in [0.25, 0.3) is 0 Å². The number of hydrogen-bond acceptors (Lipinski definition) is 2. The topological polar surface area (TPSA) is 22.1 Å². The molecule has 0 amide bonds. The molecule has 0 atom stereocenters. The van der Waals surface area contributed by atoms with Gasteiger partial charge in [0.1, 0.15) is 5.15 Å². The summed E-state index contributed by atoms with van der Waals surface area (Å²) in [7, 11) is 0. The Labute approximate surface area is 92.0 Å². The number of rotatable bonds is 2. The summed E-state index contributed by atoms with van der Waals surface area (Å²) >= 11 is 5.32. The molecule has 8 heteroatoms. The largest absolute Gasteiger partial charge is 0.574 e. The molecular weight excluding hydrogens is 257 g/mol. The van der Waals surface area contributed by atoms with Crippen LogP contribution >= 0.6 is 11.6 Å². The fourth-order valence-electron chi connectivity index (χ4n) is 1.05. The number of ether oxygens (including phenoxy) is 1. The van der Waals surface area contributed by atoms with Gasteiger partial charge in [0.15, 0.2) is 0 Å². The molecule has 16 heavy (non-hydrogen) atoms. The number of alkyl halides is 5. The van der Waals surface area contributed by atoms with E-state index in [1.807, 2.05) is 0 Å². The van der Waals surface area contributed by atoms with Gasteiger partial charge in [-0.25, -0.2) is 13.8 Å². The minimum Gasteiger partial charge on any atom is -0.388 e. The Bertz CT molecular complexity index is 370. The van der Waals surface area contributed by atoms with Gasteiger partial charge in [0.05, 0.1) is 5.56 Å². The van der Waals surface area contributed by atoms with Crippen LogP contribution in [0.3, 0.4) is 0 Å². The Balaban J connectivity index is 3.10. The number of pyridine rings is 1. The molecule has 0 aliphatic heterocycles. The van der Waals surface area contributed by atoms with Crippen LogP contribution in [-0.2, 0) is 0 Å². The smallest absolute Gasteiger partial charge is 0.388 e. The first kappa shape index (κ1) is 13.0. The van der Waals surface area contributed by atoms with Crippen molar-refractivity contribution in [2.24, 2.45) is 0 Å². The normalized spacial score (nSPS) is 12.0. The number of halogens is 6. The summed E-state index contributed by atoms with van der Waals surface area (Å²) in [5.41, 5.74) is -0.717. The van der Waals surface area contributed by atoms with Crippen molar-refractivity contribution in [1.29, 1.82) is 0 Å². The summed E-state index contributed by atoms with van der Waals surface area (Å²) in [4.78, 5) is 3.08. The predicted octanol–water partition coefficient (Wildman–Crippen LogP) is 3.88. The monoisotopic (exact) mass is 261 g/mol. The second-order valence-corrected chi connectivity index (χ2v) is 3.19. The fraction of sp³-hybridized carbons (Fsp3) is 0.375. The van der Waals surface area contributed by atoms with E-state index >= 15 is 0 Å². The van der Waals surface area contributed by atoms with E-state index in [0.717, 1.165) is 6.07 Å². The van der Waals surface area contributed by atoms with Crippen molar-refractivity contribution in [3.63, 3.8) is 0 Å². The lowest BCUT2D eigenvalue weighted by Gasteiger charge is -2.11. The molecule has 90 valence electrons. The van der Waals surface area contributed by atoms with Gasteiger partial charge in [-0.05, 0) is 12.5 Å². The van der Waals surface area contributed by atoms with Crippen LogP contribution in [0.4, 0.5) is 22.0 Å². The lowest BCUT2D eigenvalue weighted by molar-refractivity contribution is -0.276. The highest BCUT2D eigenvalue weighted by atomic mass is 35.5. The fourth-order valence-corrected chi connectivity index (χ4v) is 1.36. The number of hydrogen-bond donors (Lipinski definition) is 0. The highest BCUT2D eigenvalue weighted by Gasteiger charge is 2.32.